The molecule has 2 aromatic carbocycles. The lowest BCUT2D eigenvalue weighted by molar-refractivity contribution is 0.555. The second-order valence-corrected chi connectivity index (χ2v) is 8.32. The maximum absolute atomic E-state index is 6.49. The Kier molecular flexibility index (Phi) is 6.37. The molecule has 4 rings (SSSR count). The number of benzene rings is 2. The van der Waals surface area contributed by atoms with Crippen LogP contribution in [-0.2, 0) is 19.4 Å². The number of rotatable bonds is 6. The molecule has 7 heteroatoms. The van der Waals surface area contributed by atoms with Gasteiger partial charge in [0.15, 0.2) is 0 Å². The first-order valence-corrected chi connectivity index (χ1v) is 10.9. The number of aryl methyl sites for hydroxylation is 2. The van der Waals surface area contributed by atoms with Crippen molar-refractivity contribution in [3.8, 4) is 0 Å². The summed E-state index contributed by atoms with van der Waals surface area (Å²) < 4.78 is 2.09. The van der Waals surface area contributed by atoms with Gasteiger partial charge in [-0.25, -0.2) is 0 Å². The van der Waals surface area contributed by atoms with Crippen molar-refractivity contribution in [2.45, 2.75) is 45.1 Å². The number of hydrogen-bond acceptors (Lipinski definition) is 3. The minimum Gasteiger partial charge on any atom is -0.369 e. The highest BCUT2D eigenvalue weighted by molar-refractivity contribution is 6.31. The van der Waals surface area contributed by atoms with Crippen LogP contribution in [-0.4, -0.2) is 21.5 Å². The van der Waals surface area contributed by atoms with Crippen LogP contribution in [0.1, 0.15) is 46.8 Å². The summed E-state index contributed by atoms with van der Waals surface area (Å²) >= 11 is 6.49. The van der Waals surface area contributed by atoms with Crippen molar-refractivity contribution in [3.05, 3.63) is 87.7 Å². The molecule has 0 radical (unpaired) electrons. The van der Waals surface area contributed by atoms with Crippen LogP contribution in [0, 0.1) is 6.92 Å². The molecule has 1 aromatic heterocycles. The van der Waals surface area contributed by atoms with E-state index in [2.05, 4.69) is 52.1 Å². The van der Waals surface area contributed by atoms with Gasteiger partial charge in [-0.3, -0.25) is 4.68 Å². The molecule has 3 aromatic rings. The van der Waals surface area contributed by atoms with Gasteiger partial charge in [0.1, 0.15) is 0 Å². The summed E-state index contributed by atoms with van der Waals surface area (Å²) in [7, 11) is 0. The molecule has 1 unspecified atom stereocenters. The zero-order valence-corrected chi connectivity index (χ0v) is 18.4. The second-order valence-electron chi connectivity index (χ2n) is 7.92. The lowest BCUT2D eigenvalue weighted by atomic mass is 9.81. The summed E-state index contributed by atoms with van der Waals surface area (Å²) in [5.74, 6) is 0.128. The molecule has 1 heterocycles. The van der Waals surface area contributed by atoms with E-state index >= 15 is 0 Å². The first-order valence-electron chi connectivity index (χ1n) is 10.5. The van der Waals surface area contributed by atoms with Crippen LogP contribution in [0.3, 0.4) is 0 Å². The van der Waals surface area contributed by atoms with Gasteiger partial charge in [0.2, 0.25) is 5.96 Å². The van der Waals surface area contributed by atoms with Crippen LogP contribution in [0.4, 0.5) is 0 Å². The molecule has 31 heavy (non-hydrogen) atoms. The van der Waals surface area contributed by atoms with E-state index in [1.807, 2.05) is 24.3 Å². The maximum Gasteiger partial charge on any atom is 0.211 e. The molecule has 1 aliphatic rings. The van der Waals surface area contributed by atoms with Gasteiger partial charge in [-0.1, -0.05) is 60.1 Å². The van der Waals surface area contributed by atoms with Crippen molar-refractivity contribution in [2.75, 3.05) is 0 Å². The molecule has 4 N–H and O–H groups in total. The molecule has 160 valence electrons. The minimum absolute atomic E-state index is 0.0539. The Balaban J connectivity index is 1.62. The number of aromatic nitrogens is 2. The fourth-order valence-corrected chi connectivity index (χ4v) is 4.59. The normalized spacial score (nSPS) is 16.8. The van der Waals surface area contributed by atoms with Crippen molar-refractivity contribution in [3.63, 3.8) is 0 Å². The van der Waals surface area contributed by atoms with Crippen LogP contribution in [0.2, 0.25) is 5.02 Å². The molecule has 0 bridgehead atoms. The van der Waals surface area contributed by atoms with Crippen molar-refractivity contribution < 1.29 is 0 Å². The Morgan fingerprint density at radius 3 is 2.58 bits per heavy atom. The molecule has 1 aliphatic carbocycles. The molecule has 0 saturated heterocycles. The third-order valence-corrected chi connectivity index (χ3v) is 6.10. The van der Waals surface area contributed by atoms with E-state index in [1.165, 1.54) is 5.56 Å². The number of fused-ring (bicyclic) bond motifs is 1. The zero-order chi connectivity index (χ0) is 21.8. The van der Waals surface area contributed by atoms with Crippen molar-refractivity contribution >= 4 is 23.3 Å². The highest BCUT2D eigenvalue weighted by atomic mass is 35.5. The van der Waals surface area contributed by atoms with Gasteiger partial charge < -0.3 is 11.5 Å². The Bertz CT molecular complexity index is 1110. The van der Waals surface area contributed by atoms with Gasteiger partial charge in [-0.05, 0) is 55.7 Å². The molecule has 0 aliphatic heterocycles. The summed E-state index contributed by atoms with van der Waals surface area (Å²) in [5, 5.41) is 14.0. The minimum atomic E-state index is -0.0539. The number of halogens is 1. The topological polar surface area (TPSA) is 94.6 Å². The predicted molar refractivity (Wildman–Crippen MR) is 127 cm³/mol. The Hall–Kier alpha value is -3.12. The third-order valence-electron chi connectivity index (χ3n) is 5.76. The molecule has 6 nitrogen and oxygen atoms in total. The van der Waals surface area contributed by atoms with Crippen LogP contribution < -0.4 is 11.5 Å². The lowest BCUT2D eigenvalue weighted by Crippen LogP contribution is -2.23. The first kappa shape index (κ1) is 21.1. The molecule has 0 fully saturated rings. The Labute approximate surface area is 187 Å². The summed E-state index contributed by atoms with van der Waals surface area (Å²) in [4.78, 5) is 0. The average molecular weight is 435 g/mol. The second kappa shape index (κ2) is 9.35. The highest BCUT2D eigenvalue weighted by Crippen LogP contribution is 2.37. The SMILES string of the molecule is Cc1c2c(nn1CCCc1ccccc1)CC(c1ccccc1Cl)C/C2=N/N=C(N)N. The van der Waals surface area contributed by atoms with Crippen molar-refractivity contribution in [1.29, 1.82) is 0 Å². The van der Waals surface area contributed by atoms with E-state index in [9.17, 15) is 0 Å². The Morgan fingerprint density at radius 2 is 1.84 bits per heavy atom. The number of guanidine groups is 1. The molecule has 1 atom stereocenters. The lowest BCUT2D eigenvalue weighted by Gasteiger charge is -2.24. The molecule has 0 amide bonds. The average Bonchev–Trinajstić information content (AvgIpc) is 3.08. The predicted octanol–water partition coefficient (Wildman–Crippen LogP) is 4.19. The quantitative estimate of drug-likeness (QED) is 0.346. The molecular formula is C24H27ClN6. The standard InChI is InChI=1S/C24H27ClN6/c1-16-23-21(28-29-24(26)27)14-18(19-11-5-6-12-20(19)25)15-22(23)30-31(16)13-7-10-17-8-3-2-4-9-17/h2-6,8-9,11-12,18H,7,10,13-15H2,1H3,(H4,26,27,29)/b28-21-. The van der Waals surface area contributed by atoms with E-state index < -0.39 is 0 Å². The number of nitrogens with zero attached hydrogens (tertiary/aromatic N) is 4. The van der Waals surface area contributed by atoms with Gasteiger partial charge in [0, 0.05) is 22.8 Å². The van der Waals surface area contributed by atoms with Gasteiger partial charge in [-0.15, -0.1) is 5.10 Å². The van der Waals surface area contributed by atoms with Gasteiger partial charge in [-0.2, -0.15) is 10.2 Å². The monoisotopic (exact) mass is 434 g/mol. The van der Waals surface area contributed by atoms with Gasteiger partial charge >= 0.3 is 0 Å². The van der Waals surface area contributed by atoms with Crippen LogP contribution in [0.25, 0.3) is 0 Å². The van der Waals surface area contributed by atoms with Crippen LogP contribution in [0.5, 0.6) is 0 Å². The van der Waals surface area contributed by atoms with E-state index in [0.717, 1.165) is 59.1 Å². The van der Waals surface area contributed by atoms with Crippen molar-refractivity contribution in [1.82, 2.24) is 9.78 Å². The fourth-order valence-electron chi connectivity index (χ4n) is 4.30. The molecule has 0 spiro atoms. The summed E-state index contributed by atoms with van der Waals surface area (Å²) in [6, 6.07) is 18.5. The summed E-state index contributed by atoms with van der Waals surface area (Å²) in [6.07, 6.45) is 3.55. The number of hydrogen-bond donors (Lipinski definition) is 2. The largest absolute Gasteiger partial charge is 0.369 e. The van der Waals surface area contributed by atoms with Gasteiger partial charge in [0.05, 0.1) is 11.4 Å². The maximum atomic E-state index is 6.49. The van der Waals surface area contributed by atoms with Crippen LogP contribution >= 0.6 is 11.6 Å². The van der Waals surface area contributed by atoms with E-state index in [-0.39, 0.29) is 11.9 Å². The van der Waals surface area contributed by atoms with E-state index in [1.54, 1.807) is 0 Å². The zero-order valence-electron chi connectivity index (χ0n) is 17.6. The van der Waals surface area contributed by atoms with Crippen molar-refractivity contribution in [2.24, 2.45) is 21.7 Å². The van der Waals surface area contributed by atoms with E-state index in [0.29, 0.717) is 6.42 Å². The van der Waals surface area contributed by atoms with E-state index in [4.69, 9.17) is 28.2 Å². The summed E-state index contributed by atoms with van der Waals surface area (Å²) in [5.41, 5.74) is 17.6. The smallest absolute Gasteiger partial charge is 0.211 e. The van der Waals surface area contributed by atoms with Crippen LogP contribution in [0.15, 0.2) is 64.8 Å². The molecular weight excluding hydrogens is 408 g/mol. The summed E-state index contributed by atoms with van der Waals surface area (Å²) in [6.45, 7) is 2.94. The van der Waals surface area contributed by atoms with Gasteiger partial charge in [0.25, 0.3) is 0 Å². The number of nitrogens with two attached hydrogens (primary N) is 2. The molecule has 0 saturated carbocycles. The highest BCUT2D eigenvalue weighted by Gasteiger charge is 2.31. The first-order chi connectivity index (χ1) is 15.0. The third kappa shape index (κ3) is 4.80. The fraction of sp³-hybridized carbons (Fsp3) is 0.292. The Morgan fingerprint density at radius 1 is 1.10 bits per heavy atom.